The number of amides is 1. The molecular weight excluding hydrogens is 216 g/mol. The molecule has 1 unspecified atom stereocenters. The van der Waals surface area contributed by atoms with Gasteiger partial charge in [-0.15, -0.1) is 0 Å². The summed E-state index contributed by atoms with van der Waals surface area (Å²) < 4.78 is 22.6. The zero-order chi connectivity index (χ0) is 11.5. The Bertz CT molecular complexity index is 324. The van der Waals surface area contributed by atoms with Crippen LogP contribution in [0.25, 0.3) is 0 Å². The molecule has 1 aliphatic heterocycles. The van der Waals surface area contributed by atoms with Crippen molar-refractivity contribution in [2.45, 2.75) is 32.4 Å². The molecule has 1 heterocycles. The molecule has 0 aromatic heterocycles. The molecule has 0 aromatic rings. The van der Waals surface area contributed by atoms with Crippen molar-refractivity contribution < 1.29 is 13.2 Å². The molecule has 0 aromatic carbocycles. The van der Waals surface area contributed by atoms with E-state index in [0.717, 1.165) is 0 Å². The normalized spacial score (nSPS) is 25.1. The fourth-order valence-electron chi connectivity index (χ4n) is 1.60. The second-order valence-electron chi connectivity index (χ2n) is 4.19. The molecular formula is C9H18N2O3S. The van der Waals surface area contributed by atoms with Crippen LogP contribution in [0.1, 0.15) is 20.3 Å². The van der Waals surface area contributed by atoms with Crippen molar-refractivity contribution >= 4 is 15.7 Å². The molecule has 88 valence electrons. The van der Waals surface area contributed by atoms with Crippen molar-refractivity contribution in [3.63, 3.8) is 0 Å². The van der Waals surface area contributed by atoms with Crippen molar-refractivity contribution in [1.82, 2.24) is 10.6 Å². The van der Waals surface area contributed by atoms with E-state index < -0.39 is 9.84 Å². The number of carbonyl (C=O) groups is 1. The zero-order valence-electron chi connectivity index (χ0n) is 9.12. The van der Waals surface area contributed by atoms with Gasteiger partial charge in [0.2, 0.25) is 5.91 Å². The molecule has 0 bridgehead atoms. The van der Waals surface area contributed by atoms with Crippen LogP contribution >= 0.6 is 0 Å². The minimum Gasteiger partial charge on any atom is -0.354 e. The van der Waals surface area contributed by atoms with Gasteiger partial charge in [-0.3, -0.25) is 4.79 Å². The lowest BCUT2D eigenvalue weighted by atomic mass is 10.2. The topological polar surface area (TPSA) is 75.3 Å². The van der Waals surface area contributed by atoms with E-state index >= 15 is 0 Å². The molecule has 0 radical (unpaired) electrons. The fraction of sp³-hybridized carbons (Fsp3) is 0.889. The maximum Gasteiger partial charge on any atom is 0.221 e. The van der Waals surface area contributed by atoms with Gasteiger partial charge in [-0.25, -0.2) is 8.42 Å². The molecule has 15 heavy (non-hydrogen) atoms. The van der Waals surface area contributed by atoms with E-state index in [1.807, 2.05) is 13.8 Å². The van der Waals surface area contributed by atoms with Gasteiger partial charge in [0.05, 0.1) is 11.5 Å². The predicted octanol–water partition coefficient (Wildman–Crippen LogP) is -0.712. The molecule has 0 saturated carbocycles. The average Bonchev–Trinajstić information content (AvgIpc) is 1.99. The first kappa shape index (κ1) is 12.4. The zero-order valence-corrected chi connectivity index (χ0v) is 9.93. The van der Waals surface area contributed by atoms with Crippen LogP contribution in [0, 0.1) is 0 Å². The lowest BCUT2D eigenvalue weighted by molar-refractivity contribution is -0.121. The smallest absolute Gasteiger partial charge is 0.221 e. The summed E-state index contributed by atoms with van der Waals surface area (Å²) in [5, 5.41) is 5.78. The van der Waals surface area contributed by atoms with Crippen LogP contribution in [0.2, 0.25) is 0 Å². The highest BCUT2D eigenvalue weighted by Gasteiger charge is 2.25. The Morgan fingerprint density at radius 2 is 2.20 bits per heavy atom. The van der Waals surface area contributed by atoms with Gasteiger partial charge in [0.15, 0.2) is 9.84 Å². The Morgan fingerprint density at radius 3 is 2.73 bits per heavy atom. The summed E-state index contributed by atoms with van der Waals surface area (Å²) in [6.45, 7) is 4.20. The molecule has 5 nitrogen and oxygen atoms in total. The number of rotatable bonds is 3. The highest BCUT2D eigenvalue weighted by atomic mass is 32.2. The summed E-state index contributed by atoms with van der Waals surface area (Å²) in [6, 6.07) is -0.139. The summed E-state index contributed by atoms with van der Waals surface area (Å²) in [5.41, 5.74) is 0. The highest BCUT2D eigenvalue weighted by molar-refractivity contribution is 7.91. The summed E-state index contributed by atoms with van der Waals surface area (Å²) in [7, 11) is -2.95. The minimum absolute atomic E-state index is 0.0680. The molecule has 1 aliphatic rings. The second-order valence-corrected chi connectivity index (χ2v) is 6.42. The molecule has 6 heteroatoms. The lowest BCUT2D eigenvalue weighted by Crippen LogP contribution is -2.47. The van der Waals surface area contributed by atoms with E-state index in [1.54, 1.807) is 0 Å². The molecule has 1 amide bonds. The van der Waals surface area contributed by atoms with Crippen LogP contribution in [0.15, 0.2) is 0 Å². The van der Waals surface area contributed by atoms with Gasteiger partial charge in [-0.05, 0) is 13.8 Å². The van der Waals surface area contributed by atoms with Crippen LogP contribution in [0.4, 0.5) is 0 Å². The van der Waals surface area contributed by atoms with E-state index in [-0.39, 0.29) is 35.9 Å². The molecule has 1 saturated heterocycles. The quantitative estimate of drug-likeness (QED) is 0.676. The number of carbonyl (C=O) groups excluding carboxylic acids is 1. The summed E-state index contributed by atoms with van der Waals surface area (Å²) in [4.78, 5) is 11.4. The maximum atomic E-state index is 11.4. The first-order chi connectivity index (χ1) is 6.89. The van der Waals surface area contributed by atoms with Gasteiger partial charge in [0, 0.05) is 25.0 Å². The van der Waals surface area contributed by atoms with Crippen molar-refractivity contribution in [3.05, 3.63) is 0 Å². The first-order valence-electron chi connectivity index (χ1n) is 5.12. The van der Waals surface area contributed by atoms with Gasteiger partial charge in [-0.2, -0.15) is 0 Å². The van der Waals surface area contributed by atoms with Crippen LogP contribution in [-0.4, -0.2) is 44.5 Å². The Morgan fingerprint density at radius 1 is 1.53 bits per heavy atom. The lowest BCUT2D eigenvalue weighted by Gasteiger charge is -2.23. The standard InChI is InChI=1S/C9H18N2O3S/c1-7(2)11-9(12)5-8-6-15(13,14)4-3-10-8/h7-8,10H,3-6H2,1-2H3,(H,11,12). The minimum atomic E-state index is -2.95. The van der Waals surface area contributed by atoms with E-state index in [1.165, 1.54) is 0 Å². The molecule has 2 N–H and O–H groups in total. The number of hydrogen-bond donors (Lipinski definition) is 2. The van der Waals surface area contributed by atoms with Crippen LogP contribution in [0.5, 0.6) is 0 Å². The van der Waals surface area contributed by atoms with Crippen LogP contribution < -0.4 is 10.6 Å². The third-order valence-corrected chi connectivity index (χ3v) is 3.92. The van der Waals surface area contributed by atoms with Crippen LogP contribution in [0.3, 0.4) is 0 Å². The summed E-state index contributed by atoms with van der Waals surface area (Å²) >= 11 is 0. The summed E-state index contributed by atoms with van der Waals surface area (Å²) in [6.07, 6.45) is 0.234. The average molecular weight is 234 g/mol. The van der Waals surface area contributed by atoms with Crippen molar-refractivity contribution in [2.24, 2.45) is 0 Å². The van der Waals surface area contributed by atoms with E-state index in [0.29, 0.717) is 6.54 Å². The molecule has 0 aliphatic carbocycles. The second kappa shape index (κ2) is 4.94. The summed E-state index contributed by atoms with van der Waals surface area (Å²) in [5.74, 6) is 0.146. The van der Waals surface area contributed by atoms with Gasteiger partial charge >= 0.3 is 0 Å². The molecule has 1 atom stereocenters. The Labute approximate surface area is 90.5 Å². The van der Waals surface area contributed by atoms with Gasteiger partial charge in [0.25, 0.3) is 0 Å². The van der Waals surface area contributed by atoms with Crippen molar-refractivity contribution in [1.29, 1.82) is 0 Å². The Balaban J connectivity index is 2.42. The molecule has 1 fully saturated rings. The third kappa shape index (κ3) is 4.61. The monoisotopic (exact) mass is 234 g/mol. The number of hydrogen-bond acceptors (Lipinski definition) is 4. The van der Waals surface area contributed by atoms with Crippen molar-refractivity contribution in [3.8, 4) is 0 Å². The first-order valence-corrected chi connectivity index (χ1v) is 6.94. The highest BCUT2D eigenvalue weighted by Crippen LogP contribution is 2.04. The predicted molar refractivity (Wildman–Crippen MR) is 58.3 cm³/mol. The number of sulfone groups is 1. The van der Waals surface area contributed by atoms with E-state index in [9.17, 15) is 13.2 Å². The van der Waals surface area contributed by atoms with E-state index in [4.69, 9.17) is 0 Å². The van der Waals surface area contributed by atoms with Gasteiger partial charge in [0.1, 0.15) is 0 Å². The number of nitrogens with one attached hydrogen (secondary N) is 2. The van der Waals surface area contributed by atoms with Crippen LogP contribution in [-0.2, 0) is 14.6 Å². The van der Waals surface area contributed by atoms with Crippen molar-refractivity contribution in [2.75, 3.05) is 18.1 Å². The Kier molecular flexibility index (Phi) is 4.10. The third-order valence-electron chi connectivity index (χ3n) is 2.18. The fourth-order valence-corrected chi connectivity index (χ4v) is 3.05. The Hall–Kier alpha value is -0.620. The van der Waals surface area contributed by atoms with Gasteiger partial charge in [-0.1, -0.05) is 0 Å². The SMILES string of the molecule is CC(C)NC(=O)CC1CS(=O)(=O)CCN1. The molecule has 1 rings (SSSR count). The maximum absolute atomic E-state index is 11.4. The largest absolute Gasteiger partial charge is 0.354 e. The van der Waals surface area contributed by atoms with E-state index in [2.05, 4.69) is 10.6 Å². The molecule has 0 spiro atoms. The van der Waals surface area contributed by atoms with Gasteiger partial charge < -0.3 is 10.6 Å².